The number of hydrogen-bond donors (Lipinski definition) is 1. The predicted molar refractivity (Wildman–Crippen MR) is 66.4 cm³/mol. The number of nitrogens with zero attached hydrogens (tertiary/aromatic N) is 1. The van der Waals surface area contributed by atoms with Gasteiger partial charge in [0.05, 0.1) is 5.52 Å². The van der Waals surface area contributed by atoms with E-state index < -0.39 is 0 Å². The van der Waals surface area contributed by atoms with Crippen molar-refractivity contribution in [2.24, 2.45) is 11.7 Å². The van der Waals surface area contributed by atoms with Crippen LogP contribution >= 0.6 is 0 Å². The second-order valence-corrected chi connectivity index (χ2v) is 4.71. The van der Waals surface area contributed by atoms with Crippen molar-refractivity contribution in [3.8, 4) is 0 Å². The number of benzene rings is 1. The topological polar surface area (TPSA) is 38.9 Å². The molecule has 0 unspecified atom stereocenters. The van der Waals surface area contributed by atoms with E-state index in [9.17, 15) is 0 Å². The third-order valence-electron chi connectivity index (χ3n) is 3.50. The highest BCUT2D eigenvalue weighted by Gasteiger charge is 2.37. The Hall–Kier alpha value is -1.41. The zero-order valence-corrected chi connectivity index (χ0v) is 9.48. The molecule has 2 aromatic rings. The van der Waals surface area contributed by atoms with Crippen molar-refractivity contribution in [3.05, 3.63) is 41.6 Å². The number of aromatic nitrogens is 1. The molecule has 1 aromatic carbocycles. The fraction of sp³-hybridized carbons (Fsp3) is 0.357. The molecule has 2 atom stereocenters. The van der Waals surface area contributed by atoms with Gasteiger partial charge in [-0.3, -0.25) is 4.98 Å². The lowest BCUT2D eigenvalue weighted by atomic mass is 10.0. The van der Waals surface area contributed by atoms with Crippen LogP contribution in [0, 0.1) is 12.8 Å². The van der Waals surface area contributed by atoms with Gasteiger partial charge in [-0.05, 0) is 49.4 Å². The van der Waals surface area contributed by atoms with Gasteiger partial charge in [0, 0.05) is 11.1 Å². The van der Waals surface area contributed by atoms with Gasteiger partial charge in [-0.25, -0.2) is 0 Å². The molecule has 1 aliphatic rings. The third-order valence-corrected chi connectivity index (χ3v) is 3.50. The Bertz CT molecular complexity index is 533. The summed E-state index contributed by atoms with van der Waals surface area (Å²) in [5.41, 5.74) is 9.39. The monoisotopic (exact) mass is 212 g/mol. The van der Waals surface area contributed by atoms with Crippen LogP contribution in [0.3, 0.4) is 0 Å². The molecule has 0 radical (unpaired) electrons. The highest BCUT2D eigenvalue weighted by atomic mass is 14.7. The van der Waals surface area contributed by atoms with Gasteiger partial charge in [0.15, 0.2) is 0 Å². The van der Waals surface area contributed by atoms with E-state index in [1.165, 1.54) is 17.4 Å². The van der Waals surface area contributed by atoms with E-state index in [-0.39, 0.29) is 0 Å². The minimum absolute atomic E-state index is 0.664. The Morgan fingerprint density at radius 3 is 2.94 bits per heavy atom. The third kappa shape index (κ3) is 1.50. The average molecular weight is 212 g/mol. The summed E-state index contributed by atoms with van der Waals surface area (Å²) < 4.78 is 0. The molecule has 16 heavy (non-hydrogen) atoms. The smallest absolute Gasteiger partial charge is 0.0708 e. The molecular formula is C14H16N2. The molecule has 1 aliphatic carbocycles. The molecule has 2 heteroatoms. The molecule has 1 saturated carbocycles. The summed E-state index contributed by atoms with van der Waals surface area (Å²) in [5, 5.41) is 1.30. The van der Waals surface area contributed by atoms with E-state index in [0.29, 0.717) is 11.8 Å². The van der Waals surface area contributed by atoms with E-state index in [1.807, 2.05) is 6.07 Å². The fourth-order valence-corrected chi connectivity index (χ4v) is 2.54. The molecule has 1 aromatic heterocycles. The first-order valence-electron chi connectivity index (χ1n) is 5.86. The Morgan fingerprint density at radius 2 is 2.19 bits per heavy atom. The molecule has 0 aliphatic heterocycles. The quantitative estimate of drug-likeness (QED) is 0.831. The lowest BCUT2D eigenvalue weighted by Gasteiger charge is -2.07. The minimum atomic E-state index is 0.664. The van der Waals surface area contributed by atoms with E-state index in [1.54, 1.807) is 0 Å². The lowest BCUT2D eigenvalue weighted by Crippen LogP contribution is -2.02. The van der Waals surface area contributed by atoms with Crippen LogP contribution in [-0.4, -0.2) is 11.5 Å². The van der Waals surface area contributed by atoms with Crippen LogP contribution in [-0.2, 0) is 0 Å². The van der Waals surface area contributed by atoms with Gasteiger partial charge in [0.2, 0.25) is 0 Å². The second-order valence-electron chi connectivity index (χ2n) is 4.71. The van der Waals surface area contributed by atoms with Crippen LogP contribution in [0.1, 0.15) is 23.6 Å². The maximum Gasteiger partial charge on any atom is 0.0708 e. The van der Waals surface area contributed by atoms with Crippen LogP contribution in [0.5, 0.6) is 0 Å². The largest absolute Gasteiger partial charge is 0.330 e. The van der Waals surface area contributed by atoms with Gasteiger partial charge in [-0.15, -0.1) is 0 Å². The number of hydrogen-bond acceptors (Lipinski definition) is 2. The lowest BCUT2D eigenvalue weighted by molar-refractivity contribution is 0.811. The van der Waals surface area contributed by atoms with Gasteiger partial charge in [-0.2, -0.15) is 0 Å². The molecule has 0 spiro atoms. The molecule has 3 rings (SSSR count). The molecule has 1 heterocycles. The Kier molecular flexibility index (Phi) is 2.18. The SMILES string of the molecule is Cc1cc([C@@H]2C[C@H]2CN)c2ccccc2n1. The van der Waals surface area contributed by atoms with Crippen molar-refractivity contribution < 1.29 is 0 Å². The number of aryl methyl sites for hydroxylation is 1. The van der Waals surface area contributed by atoms with Crippen molar-refractivity contribution in [1.82, 2.24) is 4.98 Å². The minimum Gasteiger partial charge on any atom is -0.330 e. The van der Waals surface area contributed by atoms with Crippen LogP contribution in [0.15, 0.2) is 30.3 Å². The summed E-state index contributed by atoms with van der Waals surface area (Å²) in [6, 6.07) is 10.6. The molecule has 0 amide bonds. The van der Waals surface area contributed by atoms with E-state index >= 15 is 0 Å². The van der Waals surface area contributed by atoms with E-state index in [4.69, 9.17) is 5.73 Å². The van der Waals surface area contributed by atoms with Gasteiger partial charge >= 0.3 is 0 Å². The Morgan fingerprint density at radius 1 is 1.38 bits per heavy atom. The molecule has 2 nitrogen and oxygen atoms in total. The number of nitrogens with two attached hydrogens (primary N) is 1. The van der Waals surface area contributed by atoms with Crippen LogP contribution in [0.4, 0.5) is 0 Å². The summed E-state index contributed by atoms with van der Waals surface area (Å²) in [6.45, 7) is 2.87. The van der Waals surface area contributed by atoms with E-state index in [2.05, 4.69) is 36.2 Å². The maximum absolute atomic E-state index is 5.73. The van der Waals surface area contributed by atoms with Crippen LogP contribution in [0.2, 0.25) is 0 Å². The highest BCUT2D eigenvalue weighted by molar-refractivity contribution is 5.83. The first-order chi connectivity index (χ1) is 7.79. The van der Waals surface area contributed by atoms with Crippen molar-refractivity contribution in [2.45, 2.75) is 19.3 Å². The second kappa shape index (κ2) is 3.56. The highest BCUT2D eigenvalue weighted by Crippen LogP contribution is 2.48. The number of pyridine rings is 1. The zero-order chi connectivity index (χ0) is 11.1. The first-order valence-corrected chi connectivity index (χ1v) is 5.86. The van der Waals surface area contributed by atoms with E-state index in [0.717, 1.165) is 17.8 Å². The average Bonchev–Trinajstić information content (AvgIpc) is 3.07. The fourth-order valence-electron chi connectivity index (χ4n) is 2.54. The molecule has 0 bridgehead atoms. The van der Waals surface area contributed by atoms with Crippen LogP contribution < -0.4 is 5.73 Å². The normalized spacial score (nSPS) is 23.6. The number of para-hydroxylation sites is 1. The van der Waals surface area contributed by atoms with Gasteiger partial charge in [0.25, 0.3) is 0 Å². The van der Waals surface area contributed by atoms with Gasteiger partial charge < -0.3 is 5.73 Å². The Balaban J connectivity index is 2.16. The molecular weight excluding hydrogens is 196 g/mol. The molecule has 0 saturated heterocycles. The summed E-state index contributed by atoms with van der Waals surface area (Å²) in [7, 11) is 0. The summed E-state index contributed by atoms with van der Waals surface area (Å²) in [5.74, 6) is 1.35. The number of fused-ring (bicyclic) bond motifs is 1. The summed E-state index contributed by atoms with van der Waals surface area (Å²) in [6.07, 6.45) is 1.24. The first kappa shape index (κ1) is 9.79. The van der Waals surface area contributed by atoms with Crippen molar-refractivity contribution in [1.29, 1.82) is 0 Å². The predicted octanol–water partition coefficient (Wildman–Crippen LogP) is 2.61. The standard InChI is InChI=1S/C14H16N2/c1-9-6-13(12-7-10(12)8-15)11-4-2-3-5-14(11)16-9/h2-6,10,12H,7-8,15H2,1H3/t10-,12+/m0/s1. The Labute approximate surface area is 95.5 Å². The molecule has 2 N–H and O–H groups in total. The van der Waals surface area contributed by atoms with Crippen LogP contribution in [0.25, 0.3) is 10.9 Å². The van der Waals surface area contributed by atoms with Gasteiger partial charge in [-0.1, -0.05) is 18.2 Å². The van der Waals surface area contributed by atoms with Crippen molar-refractivity contribution >= 4 is 10.9 Å². The van der Waals surface area contributed by atoms with Crippen molar-refractivity contribution in [3.63, 3.8) is 0 Å². The zero-order valence-electron chi connectivity index (χ0n) is 9.48. The maximum atomic E-state index is 5.73. The number of rotatable bonds is 2. The molecule has 1 fully saturated rings. The van der Waals surface area contributed by atoms with Gasteiger partial charge in [0.1, 0.15) is 0 Å². The summed E-state index contributed by atoms with van der Waals surface area (Å²) >= 11 is 0. The summed E-state index contributed by atoms with van der Waals surface area (Å²) in [4.78, 5) is 4.57. The van der Waals surface area contributed by atoms with Crippen molar-refractivity contribution in [2.75, 3.05) is 6.54 Å². The molecule has 82 valence electrons.